The second-order valence-corrected chi connectivity index (χ2v) is 11.5. The largest absolute Gasteiger partial charge is 0.495 e. The van der Waals surface area contributed by atoms with Gasteiger partial charge in [-0.05, 0) is 85.5 Å². The number of carbonyl (C=O) groups excluding carboxylic acids is 1. The fraction of sp³-hybridized carbons (Fsp3) is 0.160. The molecule has 0 atom stereocenters. The van der Waals surface area contributed by atoms with Gasteiger partial charge in [-0.15, -0.1) is 11.3 Å². The van der Waals surface area contributed by atoms with E-state index in [0.29, 0.717) is 22.0 Å². The first-order chi connectivity index (χ1) is 16.2. The highest BCUT2D eigenvalue weighted by molar-refractivity contribution is 9.10. The Morgan fingerprint density at radius 2 is 1.79 bits per heavy atom. The normalized spacial score (nSPS) is 11.4. The molecule has 6 nitrogen and oxygen atoms in total. The van der Waals surface area contributed by atoms with Gasteiger partial charge in [0.15, 0.2) is 0 Å². The third-order valence-electron chi connectivity index (χ3n) is 5.30. The molecule has 0 spiro atoms. The van der Waals surface area contributed by atoms with Crippen molar-refractivity contribution in [3.63, 3.8) is 0 Å². The van der Waals surface area contributed by atoms with Crippen molar-refractivity contribution in [1.29, 1.82) is 0 Å². The van der Waals surface area contributed by atoms with E-state index in [0.717, 1.165) is 20.1 Å². The van der Waals surface area contributed by atoms with Crippen LogP contribution in [0.1, 0.15) is 22.2 Å². The van der Waals surface area contributed by atoms with Crippen molar-refractivity contribution in [3.05, 3.63) is 81.6 Å². The number of nitrogens with zero attached hydrogens (tertiary/aromatic N) is 1. The molecule has 0 saturated heterocycles. The van der Waals surface area contributed by atoms with Crippen molar-refractivity contribution in [2.75, 3.05) is 23.3 Å². The van der Waals surface area contributed by atoms with Gasteiger partial charge in [-0.25, -0.2) is 8.42 Å². The monoisotopic (exact) mass is 558 g/mol. The molecule has 4 rings (SSSR count). The molecule has 9 heteroatoms. The Morgan fingerprint density at radius 1 is 1.06 bits per heavy atom. The minimum absolute atomic E-state index is 0.218. The Labute approximate surface area is 211 Å². The van der Waals surface area contributed by atoms with Crippen LogP contribution in [0.25, 0.3) is 10.1 Å². The van der Waals surface area contributed by atoms with Gasteiger partial charge in [0, 0.05) is 15.7 Å². The Bertz CT molecular complexity index is 1460. The predicted octanol–water partition coefficient (Wildman–Crippen LogP) is 6.45. The zero-order valence-corrected chi connectivity index (χ0v) is 22.1. The Balaban J connectivity index is 1.64. The van der Waals surface area contributed by atoms with Crippen LogP contribution in [0, 0.1) is 6.92 Å². The number of ether oxygens (including phenoxy) is 1. The second kappa shape index (κ2) is 9.77. The molecule has 4 aromatic rings. The van der Waals surface area contributed by atoms with Gasteiger partial charge < -0.3 is 10.1 Å². The summed E-state index contributed by atoms with van der Waals surface area (Å²) in [5.41, 5.74) is 2.15. The lowest BCUT2D eigenvalue weighted by atomic mass is 10.2. The van der Waals surface area contributed by atoms with Crippen molar-refractivity contribution in [2.45, 2.75) is 18.7 Å². The highest BCUT2D eigenvalue weighted by atomic mass is 79.9. The first kappa shape index (κ1) is 24.3. The van der Waals surface area contributed by atoms with Crippen LogP contribution in [-0.2, 0) is 10.0 Å². The molecule has 34 heavy (non-hydrogen) atoms. The Morgan fingerprint density at radius 3 is 2.47 bits per heavy atom. The maximum Gasteiger partial charge on any atom is 0.265 e. The molecule has 1 N–H and O–H groups in total. The smallest absolute Gasteiger partial charge is 0.265 e. The maximum absolute atomic E-state index is 13.3. The Kier molecular flexibility index (Phi) is 6.97. The maximum atomic E-state index is 13.3. The van der Waals surface area contributed by atoms with E-state index < -0.39 is 10.0 Å². The lowest BCUT2D eigenvalue weighted by Gasteiger charge is -2.23. The third-order valence-corrected chi connectivity index (χ3v) is 8.86. The number of halogens is 1. The van der Waals surface area contributed by atoms with Crippen LogP contribution < -0.4 is 14.4 Å². The van der Waals surface area contributed by atoms with Crippen molar-refractivity contribution in [3.8, 4) is 5.75 Å². The van der Waals surface area contributed by atoms with Crippen LogP contribution >= 0.6 is 27.3 Å². The summed E-state index contributed by atoms with van der Waals surface area (Å²) >= 11 is 4.69. The number of fused-ring (bicyclic) bond motifs is 1. The van der Waals surface area contributed by atoms with E-state index >= 15 is 0 Å². The van der Waals surface area contributed by atoms with Gasteiger partial charge in [-0.3, -0.25) is 9.10 Å². The standard InChI is InChI=1S/C25H23BrN2O4S2/c1-4-28(34(30,31)20-9-6-18(26)7-10-20)19-8-12-23-17(14-19)15-24(33-23)25(29)27-21-13-16(2)5-11-22(21)32-3/h5-15H,4H2,1-3H3,(H,27,29). The summed E-state index contributed by atoms with van der Waals surface area (Å²) < 4.78 is 34.9. The van der Waals surface area contributed by atoms with Crippen LogP contribution in [0.4, 0.5) is 11.4 Å². The van der Waals surface area contributed by atoms with E-state index in [1.807, 2.05) is 31.2 Å². The van der Waals surface area contributed by atoms with Crippen LogP contribution in [0.5, 0.6) is 5.75 Å². The predicted molar refractivity (Wildman–Crippen MR) is 142 cm³/mol. The fourth-order valence-electron chi connectivity index (χ4n) is 3.63. The number of thiophene rings is 1. The van der Waals surface area contributed by atoms with Crippen molar-refractivity contribution < 1.29 is 17.9 Å². The van der Waals surface area contributed by atoms with Crippen LogP contribution in [0.2, 0.25) is 0 Å². The van der Waals surface area contributed by atoms with E-state index in [-0.39, 0.29) is 17.3 Å². The van der Waals surface area contributed by atoms with Crippen molar-refractivity contribution in [2.24, 2.45) is 0 Å². The summed E-state index contributed by atoms with van der Waals surface area (Å²) in [6, 6.07) is 19.3. The number of nitrogens with one attached hydrogen (secondary N) is 1. The molecule has 1 amide bonds. The minimum Gasteiger partial charge on any atom is -0.495 e. The zero-order chi connectivity index (χ0) is 24.5. The van der Waals surface area contributed by atoms with Gasteiger partial charge >= 0.3 is 0 Å². The van der Waals surface area contributed by atoms with E-state index in [1.165, 1.54) is 15.6 Å². The SMILES string of the molecule is CCN(c1ccc2sc(C(=O)Nc3cc(C)ccc3OC)cc2c1)S(=O)(=O)c1ccc(Br)cc1. The van der Waals surface area contributed by atoms with Crippen molar-refractivity contribution in [1.82, 2.24) is 0 Å². The molecular weight excluding hydrogens is 536 g/mol. The summed E-state index contributed by atoms with van der Waals surface area (Å²) in [6.45, 7) is 4.01. The molecular formula is C25H23BrN2O4S2. The third kappa shape index (κ3) is 4.82. The molecule has 176 valence electrons. The molecule has 0 saturated carbocycles. The van der Waals surface area contributed by atoms with Gasteiger partial charge in [0.05, 0.1) is 28.3 Å². The van der Waals surface area contributed by atoms with Crippen LogP contribution in [0.3, 0.4) is 0 Å². The molecule has 0 aliphatic carbocycles. The van der Waals surface area contributed by atoms with Crippen LogP contribution in [0.15, 0.2) is 76.1 Å². The number of carbonyl (C=O) groups is 1. The molecule has 0 fully saturated rings. The van der Waals surface area contributed by atoms with Crippen LogP contribution in [-0.4, -0.2) is 28.0 Å². The van der Waals surface area contributed by atoms with E-state index in [1.54, 1.807) is 56.5 Å². The van der Waals surface area contributed by atoms with Gasteiger partial charge in [0.1, 0.15) is 5.75 Å². The molecule has 0 radical (unpaired) electrons. The van der Waals surface area contributed by atoms with E-state index in [4.69, 9.17) is 4.74 Å². The molecule has 1 aromatic heterocycles. The molecule has 1 heterocycles. The topological polar surface area (TPSA) is 75.7 Å². The average Bonchev–Trinajstić information content (AvgIpc) is 3.24. The number of hydrogen-bond acceptors (Lipinski definition) is 5. The number of amides is 1. The number of aryl methyl sites for hydroxylation is 1. The number of methoxy groups -OCH3 is 1. The fourth-order valence-corrected chi connectivity index (χ4v) is 6.29. The molecule has 0 bridgehead atoms. The zero-order valence-electron chi connectivity index (χ0n) is 18.8. The lowest BCUT2D eigenvalue weighted by molar-refractivity contribution is 0.103. The Hall–Kier alpha value is -2.88. The number of hydrogen-bond donors (Lipinski definition) is 1. The van der Waals surface area contributed by atoms with Gasteiger partial charge in [-0.2, -0.15) is 0 Å². The summed E-state index contributed by atoms with van der Waals surface area (Å²) in [4.78, 5) is 13.7. The summed E-state index contributed by atoms with van der Waals surface area (Å²) in [5, 5.41) is 3.71. The quantitative estimate of drug-likeness (QED) is 0.283. The summed E-state index contributed by atoms with van der Waals surface area (Å²) in [5.74, 6) is 0.334. The number of benzene rings is 3. The van der Waals surface area contributed by atoms with Gasteiger partial charge in [0.2, 0.25) is 0 Å². The summed E-state index contributed by atoms with van der Waals surface area (Å²) in [6.07, 6.45) is 0. The highest BCUT2D eigenvalue weighted by Crippen LogP contribution is 2.33. The molecule has 0 unspecified atom stereocenters. The van der Waals surface area contributed by atoms with E-state index in [9.17, 15) is 13.2 Å². The number of sulfonamides is 1. The average molecular weight is 560 g/mol. The molecule has 0 aliphatic rings. The second-order valence-electron chi connectivity index (χ2n) is 7.61. The first-order valence-electron chi connectivity index (χ1n) is 10.5. The molecule has 0 aliphatic heterocycles. The van der Waals surface area contributed by atoms with Gasteiger partial charge in [0.25, 0.3) is 15.9 Å². The number of anilines is 2. The molecule has 3 aromatic carbocycles. The highest BCUT2D eigenvalue weighted by Gasteiger charge is 2.24. The van der Waals surface area contributed by atoms with E-state index in [2.05, 4.69) is 21.2 Å². The van der Waals surface area contributed by atoms with Crippen molar-refractivity contribution >= 4 is 64.7 Å². The van der Waals surface area contributed by atoms with Gasteiger partial charge in [-0.1, -0.05) is 22.0 Å². The summed E-state index contributed by atoms with van der Waals surface area (Å²) in [7, 11) is -2.17. The first-order valence-corrected chi connectivity index (χ1v) is 13.6. The minimum atomic E-state index is -3.73. The number of rotatable bonds is 7. The lowest BCUT2D eigenvalue weighted by Crippen LogP contribution is -2.30.